The number of nitrogens with zero attached hydrogens (tertiary/aromatic N) is 2. The first kappa shape index (κ1) is 22.8. The third-order valence-corrected chi connectivity index (χ3v) is 9.00. The van der Waals surface area contributed by atoms with E-state index in [9.17, 15) is 5.26 Å². The maximum Gasteiger partial charge on any atom is 0.0991 e. The molecule has 0 amide bonds. The smallest absolute Gasteiger partial charge is 0.0991 e. The van der Waals surface area contributed by atoms with Crippen LogP contribution in [0, 0.1) is 11.3 Å². The van der Waals surface area contributed by atoms with Gasteiger partial charge in [0.2, 0.25) is 0 Å². The molecule has 2 heterocycles. The maximum absolute atomic E-state index is 9.88. The van der Waals surface area contributed by atoms with Crippen LogP contribution in [0.2, 0.25) is 0 Å². The average molecular weight is 527 g/mol. The Morgan fingerprint density at radius 1 is 0.500 bits per heavy atom. The van der Waals surface area contributed by atoms with Gasteiger partial charge in [0, 0.05) is 36.5 Å². The Kier molecular flexibility index (Phi) is 5.10. The first-order chi connectivity index (χ1) is 19.8. The molecular formula is C37H22N2S. The van der Waals surface area contributed by atoms with Gasteiger partial charge in [0.15, 0.2) is 0 Å². The van der Waals surface area contributed by atoms with Gasteiger partial charge in [0.25, 0.3) is 0 Å². The van der Waals surface area contributed by atoms with Crippen LogP contribution in [-0.4, -0.2) is 4.57 Å². The van der Waals surface area contributed by atoms with Crippen LogP contribution in [-0.2, 0) is 0 Å². The number of hydrogen-bond acceptors (Lipinski definition) is 2. The second kappa shape index (κ2) is 8.95. The summed E-state index contributed by atoms with van der Waals surface area (Å²) in [5.74, 6) is 0. The normalized spacial score (nSPS) is 11.5. The molecule has 6 aromatic carbocycles. The monoisotopic (exact) mass is 526 g/mol. The molecule has 0 fully saturated rings. The molecule has 0 aliphatic heterocycles. The van der Waals surface area contributed by atoms with Gasteiger partial charge in [-0.2, -0.15) is 5.26 Å². The molecule has 0 spiro atoms. The predicted molar refractivity (Wildman–Crippen MR) is 169 cm³/mol. The number of aromatic nitrogens is 1. The van der Waals surface area contributed by atoms with Crippen LogP contribution in [0.25, 0.3) is 69.9 Å². The standard InChI is InChI=1S/C37H22N2S/c38-23-24-17-19-26(25-18-20-37-32(22-25)30-12-4-8-16-36(30)40-37)31(21-24)29-11-3-7-15-35(29)39-33-13-5-1-9-27(33)28-10-2-6-14-34(28)39/h1-22H. The Balaban J connectivity index is 1.42. The number of nitriles is 1. The lowest BCUT2D eigenvalue weighted by atomic mass is 9.91. The topological polar surface area (TPSA) is 28.7 Å². The Morgan fingerprint density at radius 2 is 1.15 bits per heavy atom. The van der Waals surface area contributed by atoms with E-state index in [1.807, 2.05) is 23.5 Å². The Hall–Kier alpha value is -5.17. The third-order valence-electron chi connectivity index (χ3n) is 7.85. The van der Waals surface area contributed by atoms with Crippen LogP contribution >= 0.6 is 11.3 Å². The van der Waals surface area contributed by atoms with Crippen molar-refractivity contribution < 1.29 is 0 Å². The minimum Gasteiger partial charge on any atom is -0.309 e. The molecule has 0 bridgehead atoms. The Labute approximate surface area is 235 Å². The van der Waals surface area contributed by atoms with Crippen molar-refractivity contribution in [1.82, 2.24) is 4.57 Å². The van der Waals surface area contributed by atoms with Gasteiger partial charge < -0.3 is 4.57 Å². The van der Waals surface area contributed by atoms with E-state index >= 15 is 0 Å². The zero-order valence-electron chi connectivity index (χ0n) is 21.5. The van der Waals surface area contributed by atoms with E-state index in [2.05, 4.69) is 132 Å². The molecular weight excluding hydrogens is 504 g/mol. The fraction of sp³-hybridized carbons (Fsp3) is 0. The summed E-state index contributed by atoms with van der Waals surface area (Å²) in [6.45, 7) is 0. The summed E-state index contributed by atoms with van der Waals surface area (Å²) in [5.41, 5.74) is 8.49. The third kappa shape index (κ3) is 3.41. The number of rotatable bonds is 3. The number of hydrogen-bond donors (Lipinski definition) is 0. The molecule has 0 saturated heterocycles. The molecule has 0 unspecified atom stereocenters. The SMILES string of the molecule is N#Cc1ccc(-c2ccc3sc4ccccc4c3c2)c(-c2ccccc2-n2c3ccccc3c3ccccc32)c1. The first-order valence-electron chi connectivity index (χ1n) is 13.3. The second-order valence-electron chi connectivity index (χ2n) is 10.1. The fourth-order valence-electron chi connectivity index (χ4n) is 6.06. The lowest BCUT2D eigenvalue weighted by Gasteiger charge is -2.17. The molecule has 0 radical (unpaired) electrons. The second-order valence-corrected chi connectivity index (χ2v) is 11.2. The van der Waals surface area contributed by atoms with Gasteiger partial charge in [0.1, 0.15) is 0 Å². The van der Waals surface area contributed by atoms with E-state index in [0.29, 0.717) is 5.56 Å². The minimum atomic E-state index is 0.651. The van der Waals surface area contributed by atoms with Gasteiger partial charge in [-0.25, -0.2) is 0 Å². The highest BCUT2D eigenvalue weighted by Crippen LogP contribution is 2.42. The molecule has 0 aliphatic rings. The number of fused-ring (bicyclic) bond motifs is 6. The highest BCUT2D eigenvalue weighted by molar-refractivity contribution is 7.25. The summed E-state index contributed by atoms with van der Waals surface area (Å²) >= 11 is 1.83. The highest BCUT2D eigenvalue weighted by Gasteiger charge is 2.18. The van der Waals surface area contributed by atoms with Crippen molar-refractivity contribution in [3.8, 4) is 34.0 Å². The van der Waals surface area contributed by atoms with Crippen molar-refractivity contribution in [2.75, 3.05) is 0 Å². The minimum absolute atomic E-state index is 0.651. The summed E-state index contributed by atoms with van der Waals surface area (Å²) < 4.78 is 4.94. The van der Waals surface area contributed by atoms with Gasteiger partial charge in [-0.3, -0.25) is 0 Å². The molecule has 2 aromatic heterocycles. The van der Waals surface area contributed by atoms with Gasteiger partial charge in [-0.15, -0.1) is 11.3 Å². The maximum atomic E-state index is 9.88. The molecule has 0 atom stereocenters. The molecule has 0 N–H and O–H groups in total. The summed E-state index contributed by atoms with van der Waals surface area (Å²) in [6.07, 6.45) is 0. The number of thiophene rings is 1. The van der Waals surface area contributed by atoms with E-state index in [1.165, 1.54) is 42.0 Å². The van der Waals surface area contributed by atoms with Crippen molar-refractivity contribution in [3.63, 3.8) is 0 Å². The molecule has 3 heteroatoms. The van der Waals surface area contributed by atoms with Crippen molar-refractivity contribution in [2.45, 2.75) is 0 Å². The summed E-state index contributed by atoms with van der Waals surface area (Å²) in [7, 11) is 0. The zero-order chi connectivity index (χ0) is 26.6. The van der Waals surface area contributed by atoms with E-state index in [1.54, 1.807) is 0 Å². The molecule has 186 valence electrons. The summed E-state index contributed by atoms with van der Waals surface area (Å²) in [6, 6.07) is 49.5. The molecule has 0 aliphatic carbocycles. The van der Waals surface area contributed by atoms with Crippen molar-refractivity contribution in [3.05, 3.63) is 139 Å². The van der Waals surface area contributed by atoms with Crippen molar-refractivity contribution >= 4 is 53.3 Å². The van der Waals surface area contributed by atoms with Gasteiger partial charge in [0.05, 0.1) is 28.4 Å². The lowest BCUT2D eigenvalue weighted by Crippen LogP contribution is -1.98. The Bertz CT molecular complexity index is 2240. The van der Waals surface area contributed by atoms with Crippen LogP contribution in [0.1, 0.15) is 5.56 Å². The van der Waals surface area contributed by atoms with E-state index < -0.39 is 0 Å². The van der Waals surface area contributed by atoms with Crippen molar-refractivity contribution in [2.24, 2.45) is 0 Å². The van der Waals surface area contributed by atoms with Crippen LogP contribution in [0.5, 0.6) is 0 Å². The van der Waals surface area contributed by atoms with E-state index in [-0.39, 0.29) is 0 Å². The van der Waals surface area contributed by atoms with Gasteiger partial charge in [-0.05, 0) is 65.2 Å². The van der Waals surface area contributed by atoms with Crippen molar-refractivity contribution in [1.29, 1.82) is 5.26 Å². The predicted octanol–water partition coefficient (Wildman–Crippen LogP) is 10.4. The highest BCUT2D eigenvalue weighted by atomic mass is 32.1. The van der Waals surface area contributed by atoms with Crippen LogP contribution in [0.3, 0.4) is 0 Å². The quantitative estimate of drug-likeness (QED) is 0.225. The molecule has 8 rings (SSSR count). The number of para-hydroxylation sites is 3. The average Bonchev–Trinajstić information content (AvgIpc) is 3.56. The summed E-state index contributed by atoms with van der Waals surface area (Å²) in [4.78, 5) is 0. The molecule has 40 heavy (non-hydrogen) atoms. The van der Waals surface area contributed by atoms with E-state index in [0.717, 1.165) is 27.9 Å². The van der Waals surface area contributed by atoms with Gasteiger partial charge in [-0.1, -0.05) is 84.9 Å². The molecule has 2 nitrogen and oxygen atoms in total. The van der Waals surface area contributed by atoms with E-state index in [4.69, 9.17) is 0 Å². The Morgan fingerprint density at radius 3 is 1.93 bits per heavy atom. The van der Waals surface area contributed by atoms with Crippen LogP contribution < -0.4 is 0 Å². The fourth-order valence-corrected chi connectivity index (χ4v) is 7.15. The van der Waals surface area contributed by atoms with Gasteiger partial charge >= 0.3 is 0 Å². The number of benzene rings is 6. The van der Waals surface area contributed by atoms with Crippen LogP contribution in [0.4, 0.5) is 0 Å². The van der Waals surface area contributed by atoms with Crippen LogP contribution in [0.15, 0.2) is 133 Å². The zero-order valence-corrected chi connectivity index (χ0v) is 22.3. The molecule has 8 aromatic rings. The lowest BCUT2D eigenvalue weighted by molar-refractivity contribution is 1.18. The largest absolute Gasteiger partial charge is 0.309 e. The summed E-state index contributed by atoms with van der Waals surface area (Å²) in [5, 5.41) is 14.9. The molecule has 0 saturated carbocycles. The first-order valence-corrected chi connectivity index (χ1v) is 14.2.